The van der Waals surface area contributed by atoms with Gasteiger partial charge in [-0.05, 0) is 0 Å². The first-order chi connectivity index (χ1) is 5.97. The molecule has 0 amide bonds. The predicted molar refractivity (Wildman–Crippen MR) is 41.5 cm³/mol. The minimum atomic E-state index is 0. The summed E-state index contributed by atoms with van der Waals surface area (Å²) in [5, 5.41) is 3.98. The van der Waals surface area contributed by atoms with Crippen molar-refractivity contribution in [3.8, 4) is 0 Å². The fraction of sp³-hybridized carbons (Fsp3) is 0. The Morgan fingerprint density at radius 1 is 0.857 bits per heavy atom. The van der Waals surface area contributed by atoms with E-state index in [9.17, 15) is 0 Å². The summed E-state index contributed by atoms with van der Waals surface area (Å²) in [7, 11) is 0. The summed E-state index contributed by atoms with van der Waals surface area (Å²) in [4.78, 5) is 8.39. The average molecular weight is 441 g/mol. The van der Waals surface area contributed by atoms with Crippen LogP contribution in [0.5, 0.6) is 0 Å². The Kier molecular flexibility index (Phi) is 3.98. The molecule has 0 fully saturated rings. The first-order valence-corrected chi connectivity index (χ1v) is 3.71. The Morgan fingerprint density at radius 3 is 1.71 bits per heavy atom. The smallest absolute Gasteiger partial charge is 0 e. The Morgan fingerprint density at radius 2 is 1.29 bits per heavy atom. The Balaban J connectivity index is 0.000000490. The third kappa shape index (κ3) is 1.59. The number of nitrogens with zero attached hydrogens (tertiary/aromatic N) is 2. The van der Waals surface area contributed by atoms with Crippen molar-refractivity contribution in [2.24, 2.45) is 0 Å². The van der Waals surface area contributed by atoms with Gasteiger partial charge in [-0.3, -0.25) is 0 Å². The van der Waals surface area contributed by atoms with Crippen LogP contribution in [0.2, 0.25) is 0 Å². The van der Waals surface area contributed by atoms with E-state index in [1.807, 2.05) is 12.1 Å². The molecule has 2 aromatic rings. The molecule has 14 heavy (non-hydrogen) atoms. The normalized spacial score (nSPS) is 9.71. The molecule has 1 aliphatic rings. The van der Waals surface area contributed by atoms with E-state index in [2.05, 4.69) is 22.1 Å². The summed E-state index contributed by atoms with van der Waals surface area (Å²) < 4.78 is 0. The molecule has 0 N–H and O–H groups in total. The molecule has 2 heterocycles. The number of aromatic nitrogens is 2. The van der Waals surface area contributed by atoms with E-state index in [4.69, 9.17) is 0 Å². The van der Waals surface area contributed by atoms with Crippen LogP contribution in [0.1, 0.15) is 0 Å². The molecule has 0 aliphatic heterocycles. The molecule has 65 valence electrons. The standard InChI is InChI=1S/C10H4N2.U.V/c1-3-7-8-4-2-6-12-10(8)9(7)11-5-1;;/h1-2,5-6H;;/q-2;;. The zero-order valence-electron chi connectivity index (χ0n) is 7.15. The fourth-order valence-corrected chi connectivity index (χ4v) is 1.41. The van der Waals surface area contributed by atoms with E-state index in [1.165, 1.54) is 0 Å². The molecule has 4 heteroatoms. The van der Waals surface area contributed by atoms with E-state index in [0.717, 1.165) is 21.1 Å². The summed E-state index contributed by atoms with van der Waals surface area (Å²) >= 11 is 0. The van der Waals surface area contributed by atoms with Gasteiger partial charge in [0.1, 0.15) is 0 Å². The molecule has 0 bridgehead atoms. The van der Waals surface area contributed by atoms with Crippen LogP contribution in [0, 0.1) is 64.4 Å². The maximum Gasteiger partial charge on any atom is 0 e. The van der Waals surface area contributed by atoms with Gasteiger partial charge in [0.05, 0.1) is 0 Å². The summed E-state index contributed by atoms with van der Waals surface area (Å²) in [6.07, 6.45) is 3.47. The van der Waals surface area contributed by atoms with Crippen LogP contribution < -0.4 is 0 Å². The minimum Gasteiger partial charge on any atom is -0.371 e. The number of hydrogen-bond donors (Lipinski definition) is 0. The molecular weight excluding hydrogens is 437 g/mol. The quantitative estimate of drug-likeness (QED) is 0.486. The van der Waals surface area contributed by atoms with Gasteiger partial charge in [0.15, 0.2) is 0 Å². The number of pyridine rings is 2. The van der Waals surface area contributed by atoms with E-state index in [1.54, 1.807) is 12.4 Å². The summed E-state index contributed by atoms with van der Waals surface area (Å²) in [5.74, 6) is 0. The van der Waals surface area contributed by atoms with Crippen molar-refractivity contribution in [1.29, 1.82) is 0 Å². The van der Waals surface area contributed by atoms with Crippen molar-refractivity contribution in [2.45, 2.75) is 0 Å². The number of hydrogen-bond acceptors (Lipinski definition) is 2. The van der Waals surface area contributed by atoms with Gasteiger partial charge in [0.25, 0.3) is 0 Å². The summed E-state index contributed by atoms with van der Waals surface area (Å²) in [6, 6.07) is 9.83. The third-order valence-electron chi connectivity index (χ3n) is 1.96. The third-order valence-corrected chi connectivity index (χ3v) is 1.96. The minimum absolute atomic E-state index is 0. The van der Waals surface area contributed by atoms with Crippen LogP contribution >= 0.6 is 0 Å². The van der Waals surface area contributed by atoms with Crippen LogP contribution in [0.4, 0.5) is 0 Å². The van der Waals surface area contributed by atoms with Crippen LogP contribution in [0.3, 0.4) is 0 Å². The molecule has 1 radical (unpaired) electrons. The second kappa shape index (κ2) is 4.64. The van der Waals surface area contributed by atoms with Crippen molar-refractivity contribution in [2.75, 3.05) is 0 Å². The molecule has 0 aromatic carbocycles. The SMILES string of the molecule is [U].[V].[c-]1ccnc2c1=c1[c-]ccnc1=2. The van der Waals surface area contributed by atoms with Gasteiger partial charge < -0.3 is 9.97 Å². The van der Waals surface area contributed by atoms with Gasteiger partial charge in [-0.15, -0.1) is 12.1 Å². The van der Waals surface area contributed by atoms with Crippen LogP contribution in [-0.4, -0.2) is 9.97 Å². The molecule has 0 saturated heterocycles. The maximum absolute atomic E-state index is 4.19. The molecule has 3 rings (SSSR count). The van der Waals surface area contributed by atoms with Gasteiger partial charge in [0, 0.05) is 49.7 Å². The molecule has 0 spiro atoms. The molecule has 2 aromatic heterocycles. The molecule has 0 unspecified atom stereocenters. The molecule has 0 saturated carbocycles. The van der Waals surface area contributed by atoms with Gasteiger partial charge in [-0.25, -0.2) is 10.4 Å². The zero-order chi connectivity index (χ0) is 7.97. The first kappa shape index (κ1) is 12.0. The maximum atomic E-state index is 4.19. The van der Waals surface area contributed by atoms with E-state index in [0.29, 0.717) is 0 Å². The van der Waals surface area contributed by atoms with Gasteiger partial charge >= 0.3 is 0 Å². The summed E-state index contributed by atoms with van der Waals surface area (Å²) in [6.45, 7) is 0. The average Bonchev–Trinajstić information content (AvgIpc) is 2.14. The van der Waals surface area contributed by atoms with Crippen molar-refractivity contribution < 1.29 is 49.7 Å². The fourth-order valence-electron chi connectivity index (χ4n) is 1.41. The molecule has 1 aliphatic carbocycles. The van der Waals surface area contributed by atoms with Crippen molar-refractivity contribution in [3.63, 3.8) is 0 Å². The number of rotatable bonds is 0. The van der Waals surface area contributed by atoms with Crippen LogP contribution in [0.25, 0.3) is 0 Å². The second-order valence-electron chi connectivity index (χ2n) is 2.63. The van der Waals surface area contributed by atoms with Crippen molar-refractivity contribution >= 4 is 0 Å². The Hall–Kier alpha value is -0.0636. The van der Waals surface area contributed by atoms with Crippen LogP contribution in [0.15, 0.2) is 24.5 Å². The summed E-state index contributed by atoms with van der Waals surface area (Å²) in [5.41, 5.74) is 0. The molecule has 0 atom stereocenters. The van der Waals surface area contributed by atoms with Crippen molar-refractivity contribution in [3.05, 3.63) is 57.8 Å². The van der Waals surface area contributed by atoms with E-state index < -0.39 is 0 Å². The van der Waals surface area contributed by atoms with Gasteiger partial charge in [-0.1, -0.05) is 23.1 Å². The monoisotopic (exact) mass is 441 g/mol. The van der Waals surface area contributed by atoms with E-state index >= 15 is 0 Å². The molecule has 2 nitrogen and oxygen atoms in total. The van der Waals surface area contributed by atoms with Crippen molar-refractivity contribution in [1.82, 2.24) is 9.97 Å². The Labute approximate surface area is 116 Å². The zero-order valence-corrected chi connectivity index (χ0v) is 12.7. The second-order valence-corrected chi connectivity index (χ2v) is 2.63. The molecular formula is C10H4N2UV-2. The first-order valence-electron chi connectivity index (χ1n) is 3.71. The van der Waals surface area contributed by atoms with E-state index in [-0.39, 0.29) is 49.7 Å². The largest absolute Gasteiger partial charge is 0.371 e. The topological polar surface area (TPSA) is 25.8 Å². The predicted octanol–water partition coefficient (Wildman–Crippen LogP) is 0.962. The Bertz CT molecular complexity index is 493. The van der Waals surface area contributed by atoms with Gasteiger partial charge in [-0.2, -0.15) is 12.1 Å². The van der Waals surface area contributed by atoms with Crippen LogP contribution in [-0.2, 0) is 18.6 Å². The van der Waals surface area contributed by atoms with Gasteiger partial charge in [0.2, 0.25) is 0 Å². The number of fused-ring (bicyclic) bond motifs is 2.